The molecule has 1 aliphatic heterocycles. The first-order valence-electron chi connectivity index (χ1n) is 12.2. The zero-order valence-corrected chi connectivity index (χ0v) is 22.6. The molecule has 0 N–H and O–H groups in total. The molecule has 3 rings (SSSR count). The Hall–Kier alpha value is -4.45. The standard InChI is InChI=1S/C28H30O12/c1-15(29)35-14-23-24(36-16(2)30)25(37-17(3)31)26(38-18(4)32)28(40-23)39-22-11-9-19(10-12-22)20-7-6-8-21(13-20)27(33)34-5/h6-13,23-26,28H,14H2,1-5H3. The average molecular weight is 559 g/mol. The van der Waals surface area contributed by atoms with Crippen LogP contribution in [0.1, 0.15) is 38.1 Å². The minimum Gasteiger partial charge on any atom is -0.465 e. The van der Waals surface area contributed by atoms with Crippen LogP contribution >= 0.6 is 0 Å². The van der Waals surface area contributed by atoms with Crippen molar-refractivity contribution in [1.82, 2.24) is 0 Å². The van der Waals surface area contributed by atoms with Crippen molar-refractivity contribution in [2.45, 2.75) is 58.4 Å². The zero-order valence-electron chi connectivity index (χ0n) is 22.6. The van der Waals surface area contributed by atoms with Gasteiger partial charge in [0.15, 0.2) is 12.2 Å². The first-order chi connectivity index (χ1) is 19.0. The third-order valence-corrected chi connectivity index (χ3v) is 5.67. The molecule has 0 spiro atoms. The van der Waals surface area contributed by atoms with Crippen LogP contribution in [0.3, 0.4) is 0 Å². The van der Waals surface area contributed by atoms with E-state index in [2.05, 4.69) is 0 Å². The molecule has 2 aromatic rings. The molecule has 1 heterocycles. The Kier molecular flexibility index (Phi) is 10.2. The van der Waals surface area contributed by atoms with Gasteiger partial charge in [-0.05, 0) is 35.4 Å². The maximum Gasteiger partial charge on any atom is 0.337 e. The summed E-state index contributed by atoms with van der Waals surface area (Å²) in [6, 6.07) is 13.6. The Morgan fingerprint density at radius 1 is 0.725 bits per heavy atom. The second-order valence-corrected chi connectivity index (χ2v) is 8.78. The molecule has 1 fully saturated rings. The Balaban J connectivity index is 1.92. The number of carbonyl (C=O) groups excluding carboxylic acids is 5. The number of hydrogen-bond acceptors (Lipinski definition) is 12. The van der Waals surface area contributed by atoms with Crippen molar-refractivity contribution in [2.75, 3.05) is 13.7 Å². The van der Waals surface area contributed by atoms with E-state index in [9.17, 15) is 24.0 Å². The highest BCUT2D eigenvalue weighted by atomic mass is 16.7. The van der Waals surface area contributed by atoms with E-state index in [0.29, 0.717) is 5.56 Å². The van der Waals surface area contributed by atoms with Gasteiger partial charge < -0.3 is 33.2 Å². The fourth-order valence-electron chi connectivity index (χ4n) is 4.09. The molecule has 0 saturated carbocycles. The van der Waals surface area contributed by atoms with E-state index in [0.717, 1.165) is 31.9 Å². The van der Waals surface area contributed by atoms with Crippen LogP contribution in [-0.4, -0.2) is 74.3 Å². The Labute approximate surface area is 230 Å². The molecule has 40 heavy (non-hydrogen) atoms. The van der Waals surface area contributed by atoms with Crippen LogP contribution in [0.25, 0.3) is 11.1 Å². The normalized spacial score (nSPS) is 21.9. The molecule has 5 unspecified atom stereocenters. The van der Waals surface area contributed by atoms with Crippen molar-refractivity contribution >= 4 is 29.8 Å². The van der Waals surface area contributed by atoms with E-state index in [-0.39, 0.29) is 12.4 Å². The van der Waals surface area contributed by atoms with Gasteiger partial charge in [-0.25, -0.2) is 4.79 Å². The quantitative estimate of drug-likeness (QED) is 0.329. The number of hydrogen-bond donors (Lipinski definition) is 0. The number of esters is 5. The number of rotatable bonds is 9. The highest BCUT2D eigenvalue weighted by Crippen LogP contribution is 2.32. The lowest BCUT2D eigenvalue weighted by Crippen LogP contribution is -2.63. The van der Waals surface area contributed by atoms with Gasteiger partial charge >= 0.3 is 29.8 Å². The first kappa shape index (κ1) is 30.1. The average Bonchev–Trinajstić information content (AvgIpc) is 2.90. The number of ether oxygens (including phenoxy) is 7. The zero-order chi connectivity index (χ0) is 29.4. The lowest BCUT2D eigenvalue weighted by Gasteiger charge is -2.43. The van der Waals surface area contributed by atoms with Crippen LogP contribution in [0.5, 0.6) is 5.75 Å². The largest absolute Gasteiger partial charge is 0.465 e. The molecule has 2 aromatic carbocycles. The van der Waals surface area contributed by atoms with Gasteiger partial charge in [0, 0.05) is 27.7 Å². The third-order valence-electron chi connectivity index (χ3n) is 5.67. The summed E-state index contributed by atoms with van der Waals surface area (Å²) >= 11 is 0. The summed E-state index contributed by atoms with van der Waals surface area (Å²) in [5.74, 6) is -3.02. The fourth-order valence-corrected chi connectivity index (χ4v) is 4.09. The molecule has 214 valence electrons. The molecular formula is C28H30O12. The first-order valence-corrected chi connectivity index (χ1v) is 12.2. The molecule has 1 aliphatic rings. The fraction of sp³-hybridized carbons (Fsp3) is 0.393. The molecule has 0 bridgehead atoms. The Bertz CT molecular complexity index is 1240. The summed E-state index contributed by atoms with van der Waals surface area (Å²) < 4.78 is 38.0. The molecule has 1 saturated heterocycles. The second-order valence-electron chi connectivity index (χ2n) is 8.78. The Morgan fingerprint density at radius 2 is 1.32 bits per heavy atom. The summed E-state index contributed by atoms with van der Waals surface area (Å²) in [4.78, 5) is 59.2. The van der Waals surface area contributed by atoms with Gasteiger partial charge in [-0.2, -0.15) is 0 Å². The molecule has 0 radical (unpaired) electrons. The van der Waals surface area contributed by atoms with Gasteiger partial charge in [-0.1, -0.05) is 24.3 Å². The predicted molar refractivity (Wildman–Crippen MR) is 136 cm³/mol. The lowest BCUT2D eigenvalue weighted by atomic mass is 9.98. The minimum absolute atomic E-state index is 0.286. The highest BCUT2D eigenvalue weighted by Gasteiger charge is 2.53. The van der Waals surface area contributed by atoms with Crippen molar-refractivity contribution in [3.63, 3.8) is 0 Å². The van der Waals surface area contributed by atoms with E-state index in [1.165, 1.54) is 14.0 Å². The Morgan fingerprint density at radius 3 is 1.90 bits per heavy atom. The van der Waals surface area contributed by atoms with Crippen LogP contribution in [-0.2, 0) is 47.6 Å². The predicted octanol–water partition coefficient (Wildman–Crippen LogP) is 2.60. The van der Waals surface area contributed by atoms with Crippen molar-refractivity contribution in [3.8, 4) is 16.9 Å². The van der Waals surface area contributed by atoms with Crippen molar-refractivity contribution in [2.24, 2.45) is 0 Å². The van der Waals surface area contributed by atoms with Crippen molar-refractivity contribution < 1.29 is 57.1 Å². The van der Waals surface area contributed by atoms with E-state index >= 15 is 0 Å². The molecule has 0 aliphatic carbocycles. The SMILES string of the molecule is COC(=O)c1cccc(-c2ccc(OC3OC(COC(C)=O)C(OC(C)=O)C(OC(C)=O)C3OC(C)=O)cc2)c1. The van der Waals surface area contributed by atoms with Crippen LogP contribution in [0, 0.1) is 0 Å². The maximum atomic E-state index is 12.0. The monoisotopic (exact) mass is 558 g/mol. The van der Waals surface area contributed by atoms with E-state index in [1.807, 2.05) is 6.07 Å². The third kappa shape index (κ3) is 8.03. The summed E-state index contributed by atoms with van der Waals surface area (Å²) in [7, 11) is 1.30. The topological polar surface area (TPSA) is 150 Å². The molecule has 5 atom stereocenters. The maximum absolute atomic E-state index is 12.0. The lowest BCUT2D eigenvalue weighted by molar-refractivity contribution is -0.288. The highest BCUT2D eigenvalue weighted by molar-refractivity contribution is 5.91. The van der Waals surface area contributed by atoms with Crippen molar-refractivity contribution in [1.29, 1.82) is 0 Å². The number of carbonyl (C=O) groups is 5. The second kappa shape index (κ2) is 13.6. The van der Waals surface area contributed by atoms with E-state index < -0.39 is 60.6 Å². The molecule has 12 nitrogen and oxygen atoms in total. The summed E-state index contributed by atoms with van der Waals surface area (Å²) in [6.07, 6.45) is -6.46. The van der Waals surface area contributed by atoms with Gasteiger partial charge in [-0.15, -0.1) is 0 Å². The molecular weight excluding hydrogens is 528 g/mol. The minimum atomic E-state index is -1.35. The van der Waals surface area contributed by atoms with Gasteiger partial charge in [0.1, 0.15) is 18.5 Å². The van der Waals surface area contributed by atoms with Crippen LogP contribution in [0.2, 0.25) is 0 Å². The van der Waals surface area contributed by atoms with Gasteiger partial charge in [0.05, 0.1) is 12.7 Å². The van der Waals surface area contributed by atoms with Crippen LogP contribution in [0.4, 0.5) is 0 Å². The van der Waals surface area contributed by atoms with E-state index in [4.69, 9.17) is 33.2 Å². The number of methoxy groups -OCH3 is 1. The summed E-state index contributed by atoms with van der Waals surface area (Å²) in [6.45, 7) is 4.24. The van der Waals surface area contributed by atoms with Crippen LogP contribution < -0.4 is 4.74 Å². The van der Waals surface area contributed by atoms with E-state index in [1.54, 1.807) is 42.5 Å². The summed E-state index contributed by atoms with van der Waals surface area (Å²) in [5.41, 5.74) is 1.90. The van der Waals surface area contributed by atoms with Gasteiger partial charge in [0.25, 0.3) is 0 Å². The van der Waals surface area contributed by atoms with Gasteiger partial charge in [0.2, 0.25) is 12.4 Å². The summed E-state index contributed by atoms with van der Waals surface area (Å²) in [5, 5.41) is 0. The molecule has 0 amide bonds. The van der Waals surface area contributed by atoms with Crippen molar-refractivity contribution in [3.05, 3.63) is 54.1 Å². The van der Waals surface area contributed by atoms with Gasteiger partial charge in [-0.3, -0.25) is 19.2 Å². The van der Waals surface area contributed by atoms with Crippen LogP contribution in [0.15, 0.2) is 48.5 Å². The molecule has 12 heteroatoms. The number of benzene rings is 2. The smallest absolute Gasteiger partial charge is 0.337 e. The molecule has 0 aromatic heterocycles.